The van der Waals surface area contributed by atoms with Crippen LogP contribution in [0.2, 0.25) is 0 Å². The molecule has 1 aromatic rings. The van der Waals surface area contributed by atoms with E-state index in [9.17, 15) is 59.4 Å². The average molecular weight is 928 g/mol. The first-order chi connectivity index (χ1) is 25.6. The molecule has 2 heterocycles. The summed E-state index contributed by atoms with van der Waals surface area (Å²) in [5.74, 6) is -7.65. The molecule has 6 unspecified atom stereocenters. The van der Waals surface area contributed by atoms with Gasteiger partial charge in [0.1, 0.15) is 0 Å². The Morgan fingerprint density at radius 3 is 1.16 bits per heavy atom. The molecule has 0 saturated heterocycles. The maximum Gasteiger partial charge on any atom is 3.00 e. The molecule has 1 aromatic heterocycles. The van der Waals surface area contributed by atoms with Crippen LogP contribution in [0.25, 0.3) is 0 Å². The number of aromatic nitrogens is 1. The van der Waals surface area contributed by atoms with Gasteiger partial charge in [-0.1, -0.05) is 6.07 Å². The molecule has 1 radical (unpaired) electrons. The molecule has 0 spiro atoms. The number of carboxylic acid groups (broad SMARTS) is 3. The second kappa shape index (κ2) is 26.0. The number of nitrogens with one attached hydrogen (secondary N) is 3. The van der Waals surface area contributed by atoms with Crippen LogP contribution in [-0.4, -0.2) is 188 Å². The zero-order chi connectivity index (χ0) is 40.4. The van der Waals surface area contributed by atoms with Crippen LogP contribution >= 0.6 is 0 Å². The number of carbonyl (C=O) groups excluding carboxylic acids is 6. The molecule has 9 N–H and O–H groups in total. The standard InChI is InChI=1S/C32H51N7O15.Gd/c40-16-21(43)11-33-27(46)8-24(30(49)50)37-4-6-38(25(31(51)52)9-28(47)34-12-22(44)17-41)14-19-2-1-3-20(36-19)15-39(7-5-37)26(32(53)54)10-29(48)35-13-23(45)18-42;/h1-3,21-26,40-45H,4-18H2,(H,33,46)(H,34,47)(H,35,48)(H,49,50)(H,51,52)(H,53,54);/q;+3/p-3. The molecule has 2 bridgehead atoms. The van der Waals surface area contributed by atoms with E-state index in [1.165, 1.54) is 26.8 Å². The Hall–Kier alpha value is -3.07. The minimum absolute atomic E-state index is 0. The normalized spacial score (nSPS) is 17.7. The van der Waals surface area contributed by atoms with Crippen molar-refractivity contribution < 1.29 is 115 Å². The fourth-order valence-corrected chi connectivity index (χ4v) is 5.47. The van der Waals surface area contributed by atoms with Crippen molar-refractivity contribution in [2.75, 3.05) is 65.6 Å². The van der Waals surface area contributed by atoms with Crippen molar-refractivity contribution in [3.8, 4) is 0 Å². The van der Waals surface area contributed by atoms with Gasteiger partial charge in [0.2, 0.25) is 17.7 Å². The average Bonchev–Trinajstić information content (AvgIpc) is 3.13. The van der Waals surface area contributed by atoms with Gasteiger partial charge < -0.3 is 76.3 Å². The minimum atomic E-state index is -1.75. The van der Waals surface area contributed by atoms with Crippen molar-refractivity contribution >= 4 is 35.6 Å². The first kappa shape index (κ1) is 50.0. The molecule has 3 amide bonds. The molecule has 2 rings (SSSR count). The number of aliphatic carboxylic acids is 3. The number of fused-ring (bicyclic) bond motifs is 2. The van der Waals surface area contributed by atoms with Crippen LogP contribution in [0.1, 0.15) is 30.7 Å². The summed E-state index contributed by atoms with van der Waals surface area (Å²) in [6.07, 6.45) is -6.13. The number of amides is 3. The van der Waals surface area contributed by atoms with Crippen LogP contribution in [0.4, 0.5) is 0 Å². The molecule has 0 saturated carbocycles. The van der Waals surface area contributed by atoms with E-state index in [0.29, 0.717) is 0 Å². The predicted octanol–water partition coefficient (Wildman–Crippen LogP) is -10.1. The fraction of sp³-hybridized carbons (Fsp3) is 0.656. The Morgan fingerprint density at radius 1 is 0.582 bits per heavy atom. The van der Waals surface area contributed by atoms with Crippen LogP contribution in [0, 0.1) is 39.9 Å². The molecule has 1 aliphatic rings. The second-order valence-corrected chi connectivity index (χ2v) is 12.6. The Bertz CT molecular complexity index is 1340. The minimum Gasteiger partial charge on any atom is -0.548 e. The summed E-state index contributed by atoms with van der Waals surface area (Å²) in [5, 5.41) is 100. The smallest absolute Gasteiger partial charge is 0.548 e. The van der Waals surface area contributed by atoms with Crippen LogP contribution in [0.15, 0.2) is 18.2 Å². The Kier molecular flexibility index (Phi) is 23.6. The summed E-state index contributed by atoms with van der Waals surface area (Å²) in [6, 6.07) is -0.429. The number of carbonyl (C=O) groups is 6. The third-order valence-corrected chi connectivity index (χ3v) is 8.46. The molecule has 1 aliphatic heterocycles. The number of aliphatic hydroxyl groups is 6. The molecule has 309 valence electrons. The molecule has 0 aromatic carbocycles. The second-order valence-electron chi connectivity index (χ2n) is 12.6. The monoisotopic (exact) mass is 928 g/mol. The number of pyridine rings is 1. The van der Waals surface area contributed by atoms with Gasteiger partial charge in [-0.05, 0) is 12.1 Å². The van der Waals surface area contributed by atoms with Gasteiger partial charge in [-0.25, -0.2) is 0 Å². The van der Waals surface area contributed by atoms with Gasteiger partial charge in [0.05, 0.1) is 85.6 Å². The Labute approximate surface area is 348 Å². The van der Waals surface area contributed by atoms with Crippen molar-refractivity contribution in [2.45, 2.75) is 68.8 Å². The fourth-order valence-electron chi connectivity index (χ4n) is 5.47. The number of aliphatic hydroxyl groups excluding tert-OH is 6. The Balaban J connectivity index is 0.0000151. The van der Waals surface area contributed by atoms with Gasteiger partial charge in [0.15, 0.2) is 0 Å². The summed E-state index contributed by atoms with van der Waals surface area (Å²) < 4.78 is 0. The maximum atomic E-state index is 12.8. The third-order valence-electron chi connectivity index (χ3n) is 8.46. The first-order valence-corrected chi connectivity index (χ1v) is 17.0. The van der Waals surface area contributed by atoms with Gasteiger partial charge >= 0.3 is 39.9 Å². The van der Waals surface area contributed by atoms with Gasteiger partial charge in [-0.2, -0.15) is 0 Å². The summed E-state index contributed by atoms with van der Waals surface area (Å²) in [6.45, 7) is -5.01. The molecule has 0 aliphatic carbocycles. The third kappa shape index (κ3) is 18.2. The quantitative estimate of drug-likeness (QED) is 0.0553. The molecule has 22 nitrogen and oxygen atoms in total. The SMILES string of the molecule is O=C(CC(C(=O)[O-])N1CCN(C(CC(=O)NCC(O)CO)C(=O)[O-])Cc2cccc(n2)CN(C(CC(=O)NCC(O)CO)C(=O)[O-])CC1)NCC(O)CO.[Gd+3]. The number of carboxylic acids is 3. The Morgan fingerprint density at radius 2 is 0.873 bits per heavy atom. The molecular formula is C32H48GdN7O15. The van der Waals surface area contributed by atoms with Crippen LogP contribution < -0.4 is 31.3 Å². The van der Waals surface area contributed by atoms with E-state index in [1.54, 1.807) is 6.07 Å². The first-order valence-electron chi connectivity index (χ1n) is 17.0. The van der Waals surface area contributed by atoms with Crippen LogP contribution in [-0.2, 0) is 41.9 Å². The van der Waals surface area contributed by atoms with Crippen molar-refractivity contribution in [3.63, 3.8) is 0 Å². The number of hydrogen-bond donors (Lipinski definition) is 9. The predicted molar refractivity (Wildman–Crippen MR) is 175 cm³/mol. The van der Waals surface area contributed by atoms with Crippen LogP contribution in [0.5, 0.6) is 0 Å². The topological polar surface area (TPSA) is 352 Å². The molecule has 23 heteroatoms. The molecule has 0 fully saturated rings. The van der Waals surface area contributed by atoms with Gasteiger partial charge in [0, 0.05) is 78.2 Å². The summed E-state index contributed by atoms with van der Waals surface area (Å²) in [4.78, 5) is 83.8. The molecular weight excluding hydrogens is 880 g/mol. The maximum absolute atomic E-state index is 12.8. The van der Waals surface area contributed by atoms with Crippen molar-refractivity contribution in [1.82, 2.24) is 35.6 Å². The van der Waals surface area contributed by atoms with Crippen LogP contribution in [0.3, 0.4) is 0 Å². The number of rotatable bonds is 21. The van der Waals surface area contributed by atoms with E-state index in [1.807, 2.05) is 0 Å². The van der Waals surface area contributed by atoms with E-state index in [2.05, 4.69) is 20.9 Å². The van der Waals surface area contributed by atoms with E-state index in [4.69, 9.17) is 15.3 Å². The van der Waals surface area contributed by atoms with E-state index in [0.717, 1.165) is 0 Å². The van der Waals surface area contributed by atoms with Gasteiger partial charge in [-0.3, -0.25) is 34.1 Å². The zero-order valence-electron chi connectivity index (χ0n) is 29.8. The van der Waals surface area contributed by atoms with E-state index < -0.39 is 118 Å². The summed E-state index contributed by atoms with van der Waals surface area (Å²) in [7, 11) is 0. The van der Waals surface area contributed by atoms with Gasteiger partial charge in [0.25, 0.3) is 0 Å². The van der Waals surface area contributed by atoms with Crippen molar-refractivity contribution in [3.05, 3.63) is 29.6 Å². The van der Waals surface area contributed by atoms with Crippen molar-refractivity contribution in [1.29, 1.82) is 0 Å². The summed E-state index contributed by atoms with van der Waals surface area (Å²) >= 11 is 0. The number of hydrogen-bond acceptors (Lipinski definition) is 19. The molecule has 55 heavy (non-hydrogen) atoms. The van der Waals surface area contributed by atoms with E-state index >= 15 is 0 Å². The molecule has 6 atom stereocenters. The number of nitrogens with zero attached hydrogens (tertiary/aromatic N) is 4. The zero-order valence-corrected chi connectivity index (χ0v) is 32.1. The van der Waals surface area contributed by atoms with E-state index in [-0.39, 0.29) is 104 Å². The van der Waals surface area contributed by atoms with Crippen molar-refractivity contribution in [2.24, 2.45) is 0 Å². The summed E-state index contributed by atoms with van der Waals surface area (Å²) in [5.41, 5.74) is 0.474. The largest absolute Gasteiger partial charge is 3.00 e. The van der Waals surface area contributed by atoms with Gasteiger partial charge in [-0.15, -0.1) is 0 Å².